The van der Waals surface area contributed by atoms with Gasteiger partial charge in [-0.05, 0) is 20.9 Å². The molecule has 1 aliphatic rings. The van der Waals surface area contributed by atoms with Gasteiger partial charge >= 0.3 is 0 Å². The number of hydrogen-bond donors (Lipinski definition) is 1. The van der Waals surface area contributed by atoms with E-state index in [2.05, 4.69) is 15.2 Å². The molecular weight excluding hydrogens is 272 g/mol. The molecule has 1 fully saturated rings. The molecule has 1 atom stereocenters. The lowest BCUT2D eigenvalue weighted by molar-refractivity contribution is -0.386. The number of hydrogen-bond acceptors (Lipinski definition) is 6. The topological polar surface area (TPSA) is 80.5 Å². The van der Waals surface area contributed by atoms with Crippen molar-refractivity contribution in [3.63, 3.8) is 0 Å². The lowest BCUT2D eigenvalue weighted by atomic mass is 10.1. The minimum absolute atomic E-state index is 0.157. The minimum atomic E-state index is -0.329. The number of rotatable bonds is 5. The van der Waals surface area contributed by atoms with E-state index in [1.165, 1.54) is 0 Å². The van der Waals surface area contributed by atoms with Gasteiger partial charge in [0.05, 0.1) is 23.3 Å². The van der Waals surface area contributed by atoms with Crippen molar-refractivity contribution >= 4 is 5.69 Å². The molecule has 0 bridgehead atoms. The van der Waals surface area contributed by atoms with E-state index in [1.54, 1.807) is 20.0 Å². The van der Waals surface area contributed by atoms with Crippen molar-refractivity contribution < 1.29 is 9.66 Å². The molecule has 21 heavy (non-hydrogen) atoms. The number of nitro groups is 1. The molecule has 0 saturated carbocycles. The van der Waals surface area contributed by atoms with Gasteiger partial charge in [0.25, 0.3) is 5.69 Å². The second-order valence-electron chi connectivity index (χ2n) is 5.51. The van der Waals surface area contributed by atoms with E-state index in [-0.39, 0.29) is 16.7 Å². The fraction of sp³-hybridized carbons (Fsp3) is 0.643. The fourth-order valence-corrected chi connectivity index (χ4v) is 2.61. The maximum Gasteiger partial charge on any atom is 0.278 e. The van der Waals surface area contributed by atoms with Crippen LogP contribution in [0.15, 0.2) is 6.20 Å². The third-order valence-corrected chi connectivity index (χ3v) is 3.70. The number of aromatic nitrogens is 1. The van der Waals surface area contributed by atoms with E-state index in [0.717, 1.165) is 31.9 Å². The normalized spacial score (nSPS) is 19.0. The van der Waals surface area contributed by atoms with Gasteiger partial charge in [-0.15, -0.1) is 0 Å². The highest BCUT2D eigenvalue weighted by Crippen LogP contribution is 2.24. The van der Waals surface area contributed by atoms with Gasteiger partial charge in [-0.2, -0.15) is 0 Å². The summed E-state index contributed by atoms with van der Waals surface area (Å²) in [6, 6.07) is 0. The first-order valence-electron chi connectivity index (χ1n) is 7.09. The molecule has 0 spiro atoms. The van der Waals surface area contributed by atoms with E-state index in [1.807, 2.05) is 7.05 Å². The molecular formula is C14H22N4O3. The number of aryl methyl sites for hydroxylation is 1. The van der Waals surface area contributed by atoms with Crippen molar-refractivity contribution in [2.24, 2.45) is 0 Å². The number of morpholine rings is 1. The van der Waals surface area contributed by atoms with Crippen molar-refractivity contribution in [1.29, 1.82) is 0 Å². The maximum atomic E-state index is 11.1. The molecule has 7 nitrogen and oxygen atoms in total. The standard InChI is InChI=1S/C14H22N4O3/c1-10-6-16-13(11(2)14(10)18(19)20)9-17(3)8-12-7-15-4-5-21-12/h6,12,15H,4-5,7-9H2,1-3H3. The first kappa shape index (κ1) is 15.8. The van der Waals surface area contributed by atoms with Crippen molar-refractivity contribution in [2.45, 2.75) is 26.5 Å². The third-order valence-electron chi connectivity index (χ3n) is 3.70. The zero-order valence-electron chi connectivity index (χ0n) is 12.8. The highest BCUT2D eigenvalue weighted by Gasteiger charge is 2.21. The van der Waals surface area contributed by atoms with E-state index < -0.39 is 0 Å². The Kier molecular flexibility index (Phi) is 5.22. The quantitative estimate of drug-likeness (QED) is 0.645. The molecule has 2 heterocycles. The van der Waals surface area contributed by atoms with Crippen LogP contribution in [0.2, 0.25) is 0 Å². The third kappa shape index (κ3) is 3.96. The van der Waals surface area contributed by atoms with Gasteiger partial charge < -0.3 is 10.1 Å². The van der Waals surface area contributed by atoms with E-state index in [0.29, 0.717) is 17.7 Å². The average Bonchev–Trinajstić information content (AvgIpc) is 2.43. The van der Waals surface area contributed by atoms with Gasteiger partial charge in [0.2, 0.25) is 0 Å². The Bertz CT molecular complexity index is 515. The predicted octanol–water partition coefficient (Wildman–Crippen LogP) is 1.03. The number of likely N-dealkylation sites (N-methyl/N-ethyl adjacent to an activating group) is 1. The SMILES string of the molecule is Cc1cnc(CN(C)CC2CNCCO2)c(C)c1[N+](=O)[O-]. The summed E-state index contributed by atoms with van der Waals surface area (Å²) in [5, 5.41) is 14.4. The molecule has 1 N–H and O–H groups in total. The first-order valence-corrected chi connectivity index (χ1v) is 7.09. The van der Waals surface area contributed by atoms with E-state index >= 15 is 0 Å². The largest absolute Gasteiger partial charge is 0.374 e. The number of pyridine rings is 1. The highest BCUT2D eigenvalue weighted by molar-refractivity contribution is 5.47. The Hall–Kier alpha value is -1.57. The van der Waals surface area contributed by atoms with Crippen LogP contribution in [0.1, 0.15) is 16.8 Å². The summed E-state index contributed by atoms with van der Waals surface area (Å²) in [6.45, 7) is 7.29. The summed E-state index contributed by atoms with van der Waals surface area (Å²) >= 11 is 0. The van der Waals surface area contributed by atoms with Gasteiger partial charge in [-0.1, -0.05) is 0 Å². The van der Waals surface area contributed by atoms with Gasteiger partial charge in [-0.25, -0.2) is 0 Å². The Morgan fingerprint density at radius 2 is 2.33 bits per heavy atom. The summed E-state index contributed by atoms with van der Waals surface area (Å²) in [5.41, 5.74) is 2.17. The summed E-state index contributed by atoms with van der Waals surface area (Å²) in [6.07, 6.45) is 1.73. The number of nitrogens with zero attached hydrogens (tertiary/aromatic N) is 3. The van der Waals surface area contributed by atoms with Gasteiger partial charge in [0.1, 0.15) is 0 Å². The fourth-order valence-electron chi connectivity index (χ4n) is 2.61. The molecule has 0 aromatic carbocycles. The van der Waals surface area contributed by atoms with Crippen LogP contribution in [-0.4, -0.2) is 54.2 Å². The van der Waals surface area contributed by atoms with Crippen LogP contribution < -0.4 is 5.32 Å². The number of ether oxygens (including phenoxy) is 1. The Morgan fingerprint density at radius 3 is 2.95 bits per heavy atom. The minimum Gasteiger partial charge on any atom is -0.374 e. The molecule has 1 aliphatic heterocycles. The van der Waals surface area contributed by atoms with Crippen LogP contribution in [0.4, 0.5) is 5.69 Å². The molecule has 1 aromatic rings. The van der Waals surface area contributed by atoms with E-state index in [9.17, 15) is 10.1 Å². The van der Waals surface area contributed by atoms with Gasteiger partial charge in [0, 0.05) is 43.5 Å². The van der Waals surface area contributed by atoms with Gasteiger partial charge in [-0.3, -0.25) is 20.0 Å². The zero-order chi connectivity index (χ0) is 15.4. The van der Waals surface area contributed by atoms with Crippen molar-refractivity contribution in [1.82, 2.24) is 15.2 Å². The summed E-state index contributed by atoms with van der Waals surface area (Å²) in [7, 11) is 1.98. The van der Waals surface area contributed by atoms with Crippen LogP contribution in [0.5, 0.6) is 0 Å². The second-order valence-corrected chi connectivity index (χ2v) is 5.51. The maximum absolute atomic E-state index is 11.1. The smallest absolute Gasteiger partial charge is 0.278 e. The molecule has 116 valence electrons. The zero-order valence-corrected chi connectivity index (χ0v) is 12.8. The van der Waals surface area contributed by atoms with Crippen LogP contribution in [0, 0.1) is 24.0 Å². The van der Waals surface area contributed by atoms with Crippen LogP contribution >= 0.6 is 0 Å². The van der Waals surface area contributed by atoms with Crippen molar-refractivity contribution in [3.05, 3.63) is 33.1 Å². The summed E-state index contributed by atoms with van der Waals surface area (Å²) in [4.78, 5) is 17.2. The van der Waals surface area contributed by atoms with E-state index in [4.69, 9.17) is 4.74 Å². The molecule has 7 heteroatoms. The molecule has 1 aromatic heterocycles. The van der Waals surface area contributed by atoms with Crippen LogP contribution in [0.25, 0.3) is 0 Å². The number of nitrogens with one attached hydrogen (secondary N) is 1. The highest BCUT2D eigenvalue weighted by atomic mass is 16.6. The van der Waals surface area contributed by atoms with Crippen LogP contribution in [-0.2, 0) is 11.3 Å². The second kappa shape index (κ2) is 6.93. The first-order chi connectivity index (χ1) is 9.99. The summed E-state index contributed by atoms with van der Waals surface area (Å²) in [5.74, 6) is 0. The monoisotopic (exact) mass is 294 g/mol. The van der Waals surface area contributed by atoms with Crippen LogP contribution in [0.3, 0.4) is 0 Å². The molecule has 2 rings (SSSR count). The Morgan fingerprint density at radius 1 is 1.57 bits per heavy atom. The lowest BCUT2D eigenvalue weighted by Gasteiger charge is -2.28. The Balaban J connectivity index is 2.05. The average molecular weight is 294 g/mol. The predicted molar refractivity (Wildman–Crippen MR) is 79.3 cm³/mol. The van der Waals surface area contributed by atoms with Crippen molar-refractivity contribution in [3.8, 4) is 0 Å². The molecule has 1 saturated heterocycles. The van der Waals surface area contributed by atoms with Gasteiger partial charge in [0.15, 0.2) is 0 Å². The Labute approximate surface area is 124 Å². The summed E-state index contributed by atoms with van der Waals surface area (Å²) < 4.78 is 5.66. The lowest BCUT2D eigenvalue weighted by Crippen LogP contribution is -2.44. The molecule has 0 aliphatic carbocycles. The van der Waals surface area contributed by atoms with Crippen molar-refractivity contribution in [2.75, 3.05) is 33.3 Å². The molecule has 0 radical (unpaired) electrons. The molecule has 1 unspecified atom stereocenters. The molecule has 0 amide bonds.